The van der Waals surface area contributed by atoms with Crippen molar-refractivity contribution in [1.82, 2.24) is 0 Å². The average Bonchev–Trinajstić information content (AvgIpc) is 1.68. The van der Waals surface area contributed by atoms with Crippen molar-refractivity contribution in [3.8, 4) is 0 Å². The molecule has 4 unspecified atom stereocenters. The fraction of sp³-hybridized carbons (Fsp3) is 0.967. The van der Waals surface area contributed by atoms with Crippen LogP contribution in [0.5, 0.6) is 0 Å². The van der Waals surface area contributed by atoms with Gasteiger partial charge in [0.05, 0.1) is 56.9 Å². The van der Waals surface area contributed by atoms with Crippen LogP contribution in [0.15, 0.2) is 11.6 Å². The van der Waals surface area contributed by atoms with Crippen LogP contribution in [0.4, 0.5) is 0 Å². The predicted octanol–water partition coefficient (Wildman–Crippen LogP) is -5.41. The summed E-state index contributed by atoms with van der Waals surface area (Å²) in [6, 6.07) is 0. The number of rotatable bonds is 20. The van der Waals surface area contributed by atoms with E-state index in [2.05, 4.69) is 33.8 Å². The van der Waals surface area contributed by atoms with Crippen LogP contribution in [0, 0.1) is 45.3 Å². The second kappa shape index (κ2) is 27.6. The van der Waals surface area contributed by atoms with E-state index in [0.29, 0.717) is 32.1 Å². The van der Waals surface area contributed by atoms with E-state index in [0.717, 1.165) is 18.4 Å². The van der Waals surface area contributed by atoms with Crippen molar-refractivity contribution in [3.05, 3.63) is 11.6 Å². The van der Waals surface area contributed by atoms with Crippen LogP contribution >= 0.6 is 0 Å². The number of ether oxygens (including phenoxy) is 10. The summed E-state index contributed by atoms with van der Waals surface area (Å²) in [6.45, 7) is 12.4. The zero-order chi connectivity index (χ0) is 65.5. The summed E-state index contributed by atoms with van der Waals surface area (Å²) >= 11 is 0. The number of fused-ring (bicyclic) bond motifs is 5. The first-order valence-electron chi connectivity index (χ1n) is 31.6. The van der Waals surface area contributed by atoms with Crippen molar-refractivity contribution in [1.29, 1.82) is 0 Å². The third-order valence-corrected chi connectivity index (χ3v) is 22.9. The minimum absolute atomic E-state index is 0.0193. The van der Waals surface area contributed by atoms with E-state index in [-0.39, 0.29) is 40.9 Å². The molecule has 89 heavy (non-hydrogen) atoms. The molecular weight excluding hydrogens is 1180 g/mol. The van der Waals surface area contributed by atoms with Gasteiger partial charge in [-0.05, 0) is 99.7 Å². The topological polar surface area (TPSA) is 477 Å². The zero-order valence-corrected chi connectivity index (χ0v) is 51.8. The Bertz CT molecular complexity index is 2350. The Balaban J connectivity index is 0.867. The van der Waals surface area contributed by atoms with Crippen LogP contribution in [0.2, 0.25) is 0 Å². The Hall–Kier alpha value is -1.42. The van der Waals surface area contributed by atoms with Crippen molar-refractivity contribution < 1.29 is 144 Å². The van der Waals surface area contributed by atoms with Crippen molar-refractivity contribution in [3.63, 3.8) is 0 Å². The van der Waals surface area contributed by atoms with E-state index >= 15 is 0 Å². The standard InChI is InChI=1S/C60H102O29/c1-23(9-13-35(57(4,5)79)87-55-50(44(74)38(68)29(20-63)84-55)89-54-48(78)49(40(70)30(21-64)83-54)88-53-47(77)42(72)37(67)28(19-62)82-53)24-15-16-58(6)32-12-10-25-26(60(32,8)33(65)17-59(24,58)7)11-14-34(56(25,2)3)86-52-46(76)43(73)39(69)31(85-52)22-80-51-45(75)41(71)36(66)27(18-61)81-51/h10,23-24,26-55,61-79H,9,11-22H2,1-8H3/t23-,24?,26?,27-,28-,29-,30-,31-,32?,33-,34+,35-,36-,37-,38-,39-,40-,41+,42?,43+,44+,45-,46-,47-,48-,49+,50-,51-,52+,53+,54+,55+,58+,59-,60+/m1/s1. The van der Waals surface area contributed by atoms with E-state index in [1.54, 1.807) is 0 Å². The highest BCUT2D eigenvalue weighted by molar-refractivity contribution is 5.32. The smallest absolute Gasteiger partial charge is 0.187 e. The van der Waals surface area contributed by atoms with E-state index in [1.807, 2.05) is 13.8 Å². The molecule has 5 aliphatic heterocycles. The Labute approximate surface area is 517 Å². The van der Waals surface area contributed by atoms with Gasteiger partial charge < -0.3 is 144 Å². The van der Waals surface area contributed by atoms with Gasteiger partial charge >= 0.3 is 0 Å². The minimum atomic E-state index is -2.04. The summed E-state index contributed by atoms with van der Waals surface area (Å²) in [5, 5.41) is 206. The Kier molecular flexibility index (Phi) is 22.3. The van der Waals surface area contributed by atoms with Crippen LogP contribution in [0.3, 0.4) is 0 Å². The van der Waals surface area contributed by atoms with Gasteiger partial charge in [-0.1, -0.05) is 53.2 Å². The first-order chi connectivity index (χ1) is 41.7. The molecule has 0 aromatic rings. The van der Waals surface area contributed by atoms with Crippen LogP contribution in [0.25, 0.3) is 0 Å². The number of hydrogen-bond donors (Lipinski definition) is 19. The summed E-state index contributed by atoms with van der Waals surface area (Å²) < 4.78 is 59.3. The van der Waals surface area contributed by atoms with Crippen molar-refractivity contribution in [2.24, 2.45) is 45.3 Å². The van der Waals surface area contributed by atoms with Gasteiger partial charge in [0.1, 0.15) is 122 Å². The highest BCUT2D eigenvalue weighted by Gasteiger charge is 2.71. The number of allylic oxidation sites excluding steroid dienone is 1. The first-order valence-corrected chi connectivity index (χ1v) is 31.6. The van der Waals surface area contributed by atoms with Gasteiger partial charge in [0.15, 0.2) is 31.5 Å². The molecule has 8 fully saturated rings. The molecule has 29 heteroatoms. The van der Waals surface area contributed by atoms with Gasteiger partial charge in [0.2, 0.25) is 0 Å². The molecule has 19 N–H and O–H groups in total. The van der Waals surface area contributed by atoms with Gasteiger partial charge in [0, 0.05) is 10.8 Å². The van der Waals surface area contributed by atoms with Gasteiger partial charge in [-0.2, -0.15) is 0 Å². The number of aliphatic hydroxyl groups excluding tert-OH is 18. The molecule has 29 nitrogen and oxygen atoms in total. The lowest BCUT2D eigenvalue weighted by molar-refractivity contribution is -0.390. The summed E-state index contributed by atoms with van der Waals surface area (Å²) in [5.41, 5.74) is -2.41. The fourth-order valence-electron chi connectivity index (χ4n) is 17.1. The lowest BCUT2D eigenvalue weighted by atomic mass is 9.38. The molecular formula is C60H102O29. The molecule has 0 aromatic heterocycles. The molecule has 4 aliphatic carbocycles. The quantitative estimate of drug-likeness (QED) is 0.0506. The van der Waals surface area contributed by atoms with Crippen molar-refractivity contribution in [2.45, 2.75) is 284 Å². The maximum absolute atomic E-state index is 12.8. The SMILES string of the molecule is C[C@H](CC[C@@H](O[C@@H]1O[C@H](CO)[C@@H](O)[C@H](O)[C@H]1O[C@@H]1O[C@H](CO)[C@@H](O)[C@H](O[C@@H]2O[C@H](CO)[C@@H](O)C(O)[C@H]2O)[C@H]1O)C(C)(C)O)C1CC[C@@]2(C)C3CC=C4C(CC[C@H](O[C@@H]5O[C@H](CO[C@@H]6O[C@H](CO)[C@@H](O)[C@H](O)[C@H]6O)[C@@H](O)[C@H](O)[C@H]5O)C4(C)C)[C@]3(C)[C@H](O)C[C@]12C. The predicted molar refractivity (Wildman–Crippen MR) is 300 cm³/mol. The molecule has 9 rings (SSSR count). The molecule has 3 saturated carbocycles. The van der Waals surface area contributed by atoms with Crippen LogP contribution < -0.4 is 0 Å². The zero-order valence-electron chi connectivity index (χ0n) is 51.8. The van der Waals surface area contributed by atoms with Gasteiger partial charge in [-0.3, -0.25) is 0 Å². The lowest BCUT2D eigenvalue weighted by Gasteiger charge is -2.67. The summed E-state index contributed by atoms with van der Waals surface area (Å²) in [7, 11) is 0. The second-order valence-electron chi connectivity index (χ2n) is 28.7. The molecule has 0 radical (unpaired) electrons. The third-order valence-electron chi connectivity index (χ3n) is 22.9. The van der Waals surface area contributed by atoms with Crippen molar-refractivity contribution in [2.75, 3.05) is 33.0 Å². The third kappa shape index (κ3) is 13.0. The van der Waals surface area contributed by atoms with Crippen molar-refractivity contribution >= 4 is 0 Å². The van der Waals surface area contributed by atoms with Crippen LogP contribution in [0.1, 0.15) is 107 Å². The second-order valence-corrected chi connectivity index (χ2v) is 28.7. The Morgan fingerprint density at radius 1 is 0.517 bits per heavy atom. The normalized spacial score (nSPS) is 51.8. The Morgan fingerprint density at radius 2 is 0.989 bits per heavy atom. The summed E-state index contributed by atoms with van der Waals surface area (Å²) in [4.78, 5) is 0. The minimum Gasteiger partial charge on any atom is -0.394 e. The van der Waals surface area contributed by atoms with Crippen LogP contribution in [-0.2, 0) is 47.4 Å². The van der Waals surface area contributed by atoms with E-state index in [1.165, 1.54) is 13.8 Å². The maximum Gasteiger partial charge on any atom is 0.187 e. The lowest BCUT2D eigenvalue weighted by Crippen LogP contribution is -2.67. The van der Waals surface area contributed by atoms with E-state index in [4.69, 9.17) is 47.4 Å². The molecule has 5 saturated heterocycles. The first kappa shape index (κ1) is 71.9. The van der Waals surface area contributed by atoms with Gasteiger partial charge in [0.25, 0.3) is 0 Å². The summed E-state index contributed by atoms with van der Waals surface area (Å²) in [5.74, 6) is 0.0330. The largest absolute Gasteiger partial charge is 0.394 e. The highest BCUT2D eigenvalue weighted by Crippen LogP contribution is 2.75. The molecule has 5 heterocycles. The molecule has 0 amide bonds. The molecule has 35 atom stereocenters. The fourth-order valence-corrected chi connectivity index (χ4v) is 17.1. The van der Waals surface area contributed by atoms with Crippen LogP contribution in [-0.4, -0.2) is 308 Å². The molecule has 0 aromatic carbocycles. The van der Waals surface area contributed by atoms with E-state index < -0.39 is 221 Å². The monoisotopic (exact) mass is 1290 g/mol. The molecule has 516 valence electrons. The maximum atomic E-state index is 12.8. The van der Waals surface area contributed by atoms with E-state index in [9.17, 15) is 97.0 Å². The number of hydrogen-bond acceptors (Lipinski definition) is 29. The highest BCUT2D eigenvalue weighted by atomic mass is 16.8. The number of aliphatic hydroxyl groups is 19. The van der Waals surface area contributed by atoms with Gasteiger partial charge in [-0.15, -0.1) is 0 Å². The average molecular weight is 1290 g/mol. The molecule has 0 bridgehead atoms. The molecule has 0 spiro atoms. The van der Waals surface area contributed by atoms with Gasteiger partial charge in [-0.25, -0.2) is 0 Å². The summed E-state index contributed by atoms with van der Waals surface area (Å²) in [6.07, 6.45) is -37.9. The molecule has 9 aliphatic rings. The Morgan fingerprint density at radius 3 is 1.55 bits per heavy atom.